The number of amides is 1. The number of hydrogen-bond donors (Lipinski definition) is 1. The van der Waals surface area contributed by atoms with Crippen LogP contribution in [0.3, 0.4) is 0 Å². The topological polar surface area (TPSA) is 47.6 Å². The van der Waals surface area contributed by atoms with E-state index in [0.717, 1.165) is 11.3 Å². The summed E-state index contributed by atoms with van der Waals surface area (Å²) in [6.07, 6.45) is 0. The zero-order valence-electron chi connectivity index (χ0n) is 16.2. The van der Waals surface area contributed by atoms with Gasteiger partial charge in [-0.1, -0.05) is 56.3 Å². The summed E-state index contributed by atoms with van der Waals surface area (Å²) in [5.41, 5.74) is 2.32. The van der Waals surface area contributed by atoms with Crippen LogP contribution in [0.2, 0.25) is 0 Å². The van der Waals surface area contributed by atoms with E-state index < -0.39 is 0 Å². The molecule has 0 aromatic heterocycles. The van der Waals surface area contributed by atoms with Crippen molar-refractivity contribution < 1.29 is 14.3 Å². The average Bonchev–Trinajstić information content (AvgIpc) is 2.72. The van der Waals surface area contributed by atoms with Crippen molar-refractivity contribution >= 4 is 11.6 Å². The van der Waals surface area contributed by atoms with E-state index in [-0.39, 0.29) is 5.91 Å². The molecule has 0 bridgehead atoms. The van der Waals surface area contributed by atoms with Crippen molar-refractivity contribution in [2.24, 2.45) is 5.92 Å². The molecule has 0 aliphatic carbocycles. The fourth-order valence-corrected chi connectivity index (χ4v) is 2.59. The third kappa shape index (κ3) is 5.61. The summed E-state index contributed by atoms with van der Waals surface area (Å²) in [7, 11) is 0. The van der Waals surface area contributed by atoms with Gasteiger partial charge in [0.2, 0.25) is 0 Å². The van der Waals surface area contributed by atoms with Crippen LogP contribution in [0.1, 0.15) is 29.8 Å². The third-order valence-corrected chi connectivity index (χ3v) is 4.07. The summed E-state index contributed by atoms with van der Waals surface area (Å²) in [5, 5.41) is 2.92. The van der Waals surface area contributed by atoms with Gasteiger partial charge in [0, 0.05) is 5.56 Å². The number of anilines is 1. The number of carbonyl (C=O) groups is 1. The lowest BCUT2D eigenvalue weighted by Gasteiger charge is -2.14. The Bertz CT molecular complexity index is 889. The summed E-state index contributed by atoms with van der Waals surface area (Å²) in [4.78, 5) is 12.6. The maximum absolute atomic E-state index is 12.6. The molecule has 3 aromatic rings. The Balaban J connectivity index is 1.60. The van der Waals surface area contributed by atoms with Gasteiger partial charge in [0.1, 0.15) is 18.1 Å². The van der Waals surface area contributed by atoms with Gasteiger partial charge in [0.25, 0.3) is 5.91 Å². The normalized spacial score (nSPS) is 10.5. The molecule has 0 atom stereocenters. The largest absolute Gasteiger partial charge is 0.491 e. The molecule has 0 spiro atoms. The number of ether oxygens (including phenoxy) is 2. The van der Waals surface area contributed by atoms with E-state index in [2.05, 4.69) is 19.2 Å². The number of rotatable bonds is 8. The van der Waals surface area contributed by atoms with Gasteiger partial charge in [-0.25, -0.2) is 0 Å². The first-order valence-corrected chi connectivity index (χ1v) is 9.42. The SMILES string of the molecule is CC(C)COc1ccccc1NC(=O)c1ccc(OCc2ccccc2)cc1. The number of hydrogen-bond acceptors (Lipinski definition) is 3. The molecule has 0 saturated carbocycles. The second kappa shape index (κ2) is 9.60. The van der Waals surface area contributed by atoms with Crippen LogP contribution in [0.5, 0.6) is 11.5 Å². The molecule has 0 fully saturated rings. The van der Waals surface area contributed by atoms with E-state index in [9.17, 15) is 4.79 Å². The van der Waals surface area contributed by atoms with Gasteiger partial charge in [-0.2, -0.15) is 0 Å². The maximum atomic E-state index is 12.6. The molecular weight excluding hydrogens is 350 g/mol. The summed E-state index contributed by atoms with van der Waals surface area (Å²) >= 11 is 0. The second-order valence-corrected chi connectivity index (χ2v) is 6.95. The van der Waals surface area contributed by atoms with Crippen LogP contribution in [-0.4, -0.2) is 12.5 Å². The van der Waals surface area contributed by atoms with Crippen LogP contribution in [0.15, 0.2) is 78.9 Å². The first-order chi connectivity index (χ1) is 13.6. The van der Waals surface area contributed by atoms with Gasteiger partial charge in [0.05, 0.1) is 12.3 Å². The van der Waals surface area contributed by atoms with Crippen LogP contribution in [0, 0.1) is 5.92 Å². The predicted octanol–water partition coefficient (Wildman–Crippen LogP) is 5.55. The Morgan fingerprint density at radius 3 is 2.25 bits per heavy atom. The fraction of sp³-hybridized carbons (Fsp3) is 0.208. The highest BCUT2D eigenvalue weighted by Crippen LogP contribution is 2.25. The van der Waals surface area contributed by atoms with Gasteiger partial charge in [-0.05, 0) is 47.9 Å². The Labute approximate surface area is 166 Å². The molecule has 4 heteroatoms. The minimum absolute atomic E-state index is 0.185. The molecule has 0 aliphatic rings. The van der Waals surface area contributed by atoms with E-state index in [0.29, 0.717) is 36.1 Å². The van der Waals surface area contributed by atoms with Crippen molar-refractivity contribution in [1.29, 1.82) is 0 Å². The standard InChI is InChI=1S/C24H25NO3/c1-18(2)16-28-23-11-7-6-10-22(23)25-24(26)20-12-14-21(15-13-20)27-17-19-8-4-3-5-9-19/h3-15,18H,16-17H2,1-2H3,(H,25,26). The minimum atomic E-state index is -0.185. The number of para-hydroxylation sites is 2. The fourth-order valence-electron chi connectivity index (χ4n) is 2.59. The Hall–Kier alpha value is -3.27. The summed E-state index contributed by atoms with van der Waals surface area (Å²) in [5.74, 6) is 1.62. The van der Waals surface area contributed by atoms with Gasteiger partial charge < -0.3 is 14.8 Å². The molecule has 4 nitrogen and oxygen atoms in total. The summed E-state index contributed by atoms with van der Waals surface area (Å²) < 4.78 is 11.6. The number of carbonyl (C=O) groups excluding carboxylic acids is 1. The van der Waals surface area contributed by atoms with Crippen LogP contribution < -0.4 is 14.8 Å². The van der Waals surface area contributed by atoms with E-state index in [4.69, 9.17) is 9.47 Å². The minimum Gasteiger partial charge on any atom is -0.491 e. The molecule has 144 valence electrons. The summed E-state index contributed by atoms with van der Waals surface area (Å²) in [6.45, 7) is 5.26. The lowest BCUT2D eigenvalue weighted by atomic mass is 10.2. The molecule has 1 N–H and O–H groups in total. The molecular formula is C24H25NO3. The summed E-state index contributed by atoms with van der Waals surface area (Å²) in [6, 6.07) is 24.6. The molecule has 0 heterocycles. The van der Waals surface area contributed by atoms with E-state index in [1.165, 1.54) is 0 Å². The van der Waals surface area contributed by atoms with Crippen LogP contribution in [0.25, 0.3) is 0 Å². The van der Waals surface area contributed by atoms with Crippen LogP contribution in [-0.2, 0) is 6.61 Å². The first-order valence-electron chi connectivity index (χ1n) is 9.42. The smallest absolute Gasteiger partial charge is 0.255 e. The first kappa shape index (κ1) is 19.5. The highest BCUT2D eigenvalue weighted by atomic mass is 16.5. The second-order valence-electron chi connectivity index (χ2n) is 6.95. The van der Waals surface area contributed by atoms with E-state index >= 15 is 0 Å². The number of nitrogens with one attached hydrogen (secondary N) is 1. The molecule has 0 saturated heterocycles. The number of benzene rings is 3. The Morgan fingerprint density at radius 2 is 1.54 bits per heavy atom. The molecule has 1 amide bonds. The van der Waals surface area contributed by atoms with Crippen LogP contribution in [0.4, 0.5) is 5.69 Å². The lowest BCUT2D eigenvalue weighted by molar-refractivity contribution is 0.102. The van der Waals surface area contributed by atoms with Crippen molar-refractivity contribution in [2.45, 2.75) is 20.5 Å². The van der Waals surface area contributed by atoms with Crippen molar-refractivity contribution in [3.8, 4) is 11.5 Å². The molecule has 3 aromatic carbocycles. The average molecular weight is 375 g/mol. The van der Waals surface area contributed by atoms with Crippen LogP contribution >= 0.6 is 0 Å². The highest BCUT2D eigenvalue weighted by Gasteiger charge is 2.10. The maximum Gasteiger partial charge on any atom is 0.255 e. The molecule has 3 rings (SSSR count). The van der Waals surface area contributed by atoms with Crippen molar-refractivity contribution in [1.82, 2.24) is 0 Å². The van der Waals surface area contributed by atoms with Gasteiger partial charge >= 0.3 is 0 Å². The van der Waals surface area contributed by atoms with E-state index in [1.807, 2.05) is 54.6 Å². The molecule has 0 radical (unpaired) electrons. The van der Waals surface area contributed by atoms with Crippen molar-refractivity contribution in [2.75, 3.05) is 11.9 Å². The third-order valence-electron chi connectivity index (χ3n) is 4.07. The molecule has 0 aliphatic heterocycles. The lowest BCUT2D eigenvalue weighted by Crippen LogP contribution is -2.13. The van der Waals surface area contributed by atoms with Crippen molar-refractivity contribution in [3.63, 3.8) is 0 Å². The van der Waals surface area contributed by atoms with Gasteiger partial charge in [-0.15, -0.1) is 0 Å². The van der Waals surface area contributed by atoms with Crippen molar-refractivity contribution in [3.05, 3.63) is 90.0 Å². The van der Waals surface area contributed by atoms with Gasteiger partial charge in [-0.3, -0.25) is 4.79 Å². The van der Waals surface area contributed by atoms with Gasteiger partial charge in [0.15, 0.2) is 0 Å². The monoisotopic (exact) mass is 375 g/mol. The highest BCUT2D eigenvalue weighted by molar-refractivity contribution is 6.05. The predicted molar refractivity (Wildman–Crippen MR) is 112 cm³/mol. The Morgan fingerprint density at radius 1 is 0.857 bits per heavy atom. The molecule has 28 heavy (non-hydrogen) atoms. The van der Waals surface area contributed by atoms with E-state index in [1.54, 1.807) is 24.3 Å². The zero-order chi connectivity index (χ0) is 19.8. The quantitative estimate of drug-likeness (QED) is 0.561. The zero-order valence-corrected chi connectivity index (χ0v) is 16.2. The molecule has 0 unspecified atom stereocenters. The Kier molecular flexibility index (Phi) is 6.68.